The number of fused-ring (bicyclic) bond motifs is 1. The number of alkyl halides is 3. The number of aryl methyl sites for hydroxylation is 1. The fourth-order valence-electron chi connectivity index (χ4n) is 4.62. The third-order valence-corrected chi connectivity index (χ3v) is 7.60. The molecule has 1 saturated carbocycles. The maximum Gasteiger partial charge on any atom is 0.419 e. The lowest BCUT2D eigenvalue weighted by atomic mass is 9.93. The number of oxazole rings is 1. The zero-order valence-electron chi connectivity index (χ0n) is 18.0. The number of benzene rings is 1. The lowest BCUT2D eigenvalue weighted by Gasteiger charge is -2.22. The minimum absolute atomic E-state index is 0.192. The van der Waals surface area contributed by atoms with E-state index in [0.29, 0.717) is 34.6 Å². The zero-order valence-corrected chi connectivity index (χ0v) is 18.8. The largest absolute Gasteiger partial charge is 0.440 e. The van der Waals surface area contributed by atoms with Gasteiger partial charge in [0.1, 0.15) is 5.82 Å². The summed E-state index contributed by atoms with van der Waals surface area (Å²) in [4.78, 5) is 8.16. The highest BCUT2D eigenvalue weighted by Crippen LogP contribution is 2.59. The fraction of sp³-hybridized carbons (Fsp3) is 0.545. The molecule has 0 bridgehead atoms. The van der Waals surface area contributed by atoms with Gasteiger partial charge in [0.15, 0.2) is 18.0 Å². The van der Waals surface area contributed by atoms with Crippen LogP contribution in [-0.4, -0.2) is 58.9 Å². The predicted molar refractivity (Wildman–Crippen MR) is 115 cm³/mol. The Morgan fingerprint density at radius 2 is 2.19 bits per heavy atom. The van der Waals surface area contributed by atoms with Gasteiger partial charge in [-0.1, -0.05) is 6.07 Å². The van der Waals surface area contributed by atoms with Crippen LogP contribution >= 0.6 is 11.8 Å². The van der Waals surface area contributed by atoms with E-state index in [1.54, 1.807) is 18.7 Å². The summed E-state index contributed by atoms with van der Waals surface area (Å²) in [6.07, 6.45) is -1.44. The minimum Gasteiger partial charge on any atom is -0.440 e. The molecule has 2 atom stereocenters. The first kappa shape index (κ1) is 23.1. The van der Waals surface area contributed by atoms with E-state index in [0.717, 1.165) is 50.4 Å². The standard InChI is InChI=1S/C22H26F4N4OS/c1-14-19(31-12-28-14)20(27)29(2)13-32-7-3-6-30-10-16-9-21(16,11-30)15-4-5-17(18(23)8-15)22(24,25)26/h4-5,8,12,16,27H,3,6-7,9-11,13H2,1-2H3/t16-,21+/m1/s1. The van der Waals surface area contributed by atoms with Crippen LogP contribution in [0.3, 0.4) is 0 Å². The molecule has 1 aliphatic heterocycles. The zero-order chi connectivity index (χ0) is 23.1. The number of thioether (sulfide) groups is 1. The first-order valence-electron chi connectivity index (χ1n) is 10.5. The number of likely N-dealkylation sites (tertiary alicyclic amines) is 1. The summed E-state index contributed by atoms with van der Waals surface area (Å²) < 4.78 is 57.8. The molecule has 2 aliphatic rings. The van der Waals surface area contributed by atoms with Gasteiger partial charge < -0.3 is 14.2 Å². The molecule has 0 spiro atoms. The Morgan fingerprint density at radius 3 is 2.84 bits per heavy atom. The van der Waals surface area contributed by atoms with Crippen molar-refractivity contribution in [3.8, 4) is 0 Å². The average molecular weight is 471 g/mol. The molecule has 1 aromatic carbocycles. The second-order valence-corrected chi connectivity index (χ2v) is 9.76. The molecule has 2 aromatic rings. The first-order valence-corrected chi connectivity index (χ1v) is 11.6. The molecule has 1 aliphatic carbocycles. The summed E-state index contributed by atoms with van der Waals surface area (Å²) in [5.74, 6) is 1.59. The van der Waals surface area contributed by atoms with Crippen LogP contribution in [0.1, 0.15) is 35.4 Å². The second kappa shape index (κ2) is 8.70. The van der Waals surface area contributed by atoms with Crippen molar-refractivity contribution in [3.63, 3.8) is 0 Å². The van der Waals surface area contributed by atoms with Gasteiger partial charge >= 0.3 is 6.18 Å². The molecule has 0 amide bonds. The molecular weight excluding hydrogens is 444 g/mol. The van der Waals surface area contributed by atoms with Crippen LogP contribution in [0.15, 0.2) is 29.0 Å². The van der Waals surface area contributed by atoms with E-state index in [2.05, 4.69) is 9.88 Å². The van der Waals surface area contributed by atoms with E-state index >= 15 is 0 Å². The maximum absolute atomic E-state index is 14.0. The summed E-state index contributed by atoms with van der Waals surface area (Å²) in [6.45, 7) is 4.38. The van der Waals surface area contributed by atoms with Crippen LogP contribution in [0, 0.1) is 24.1 Å². The molecule has 2 fully saturated rings. The van der Waals surface area contributed by atoms with Gasteiger partial charge in [0, 0.05) is 25.6 Å². The van der Waals surface area contributed by atoms with Gasteiger partial charge in [0.25, 0.3) is 0 Å². The second-order valence-electron chi connectivity index (χ2n) is 8.69. The van der Waals surface area contributed by atoms with Crippen LogP contribution in [0.5, 0.6) is 0 Å². The van der Waals surface area contributed by atoms with E-state index in [-0.39, 0.29) is 5.41 Å². The van der Waals surface area contributed by atoms with Gasteiger partial charge in [-0.2, -0.15) is 13.2 Å². The highest BCUT2D eigenvalue weighted by molar-refractivity contribution is 7.99. The Bertz CT molecular complexity index is 995. The number of hydrogen-bond acceptors (Lipinski definition) is 5. The summed E-state index contributed by atoms with van der Waals surface area (Å²) in [5, 5.41) is 8.18. The number of halogens is 4. The van der Waals surface area contributed by atoms with Crippen molar-refractivity contribution in [2.24, 2.45) is 5.92 Å². The monoisotopic (exact) mass is 470 g/mol. The summed E-state index contributed by atoms with van der Waals surface area (Å²) in [6, 6.07) is 3.41. The van der Waals surface area contributed by atoms with Gasteiger partial charge in [0.05, 0.1) is 17.1 Å². The molecule has 1 saturated heterocycles. The fourth-order valence-corrected chi connectivity index (χ4v) is 5.48. The summed E-state index contributed by atoms with van der Waals surface area (Å²) >= 11 is 1.73. The number of nitrogens with one attached hydrogen (secondary N) is 1. The van der Waals surface area contributed by atoms with Gasteiger partial charge in [-0.15, -0.1) is 11.8 Å². The van der Waals surface area contributed by atoms with Crippen molar-refractivity contribution in [1.29, 1.82) is 5.41 Å². The lowest BCUT2D eigenvalue weighted by Crippen LogP contribution is -2.28. The molecule has 174 valence electrons. The molecule has 0 unspecified atom stereocenters. The maximum atomic E-state index is 14.0. The summed E-state index contributed by atoms with van der Waals surface area (Å²) in [7, 11) is 1.85. The molecule has 4 rings (SSSR count). The van der Waals surface area contributed by atoms with E-state index in [1.807, 2.05) is 11.9 Å². The Balaban J connectivity index is 1.21. The Labute approximate surface area is 188 Å². The number of amidine groups is 1. The van der Waals surface area contributed by atoms with Crippen molar-refractivity contribution in [2.75, 3.05) is 38.3 Å². The average Bonchev–Trinajstić information content (AvgIpc) is 3.05. The third-order valence-electron chi connectivity index (χ3n) is 6.46. The van der Waals surface area contributed by atoms with Gasteiger partial charge in [0.2, 0.25) is 0 Å². The number of aromatic nitrogens is 1. The highest BCUT2D eigenvalue weighted by atomic mass is 32.2. The Kier molecular flexibility index (Phi) is 6.28. The molecule has 1 N–H and O–H groups in total. The van der Waals surface area contributed by atoms with Crippen LogP contribution in [0.4, 0.5) is 17.6 Å². The number of nitrogens with zero attached hydrogens (tertiary/aromatic N) is 3. The molecule has 1 aromatic heterocycles. The van der Waals surface area contributed by atoms with Gasteiger partial charge in [-0.05, 0) is 55.7 Å². The van der Waals surface area contributed by atoms with Crippen molar-refractivity contribution in [2.45, 2.75) is 31.4 Å². The van der Waals surface area contributed by atoms with E-state index in [1.165, 1.54) is 12.5 Å². The van der Waals surface area contributed by atoms with Crippen LogP contribution in [0.25, 0.3) is 0 Å². The molecule has 5 nitrogen and oxygen atoms in total. The molecule has 32 heavy (non-hydrogen) atoms. The third kappa shape index (κ3) is 4.52. The Morgan fingerprint density at radius 1 is 1.41 bits per heavy atom. The normalized spacial score (nSPS) is 22.8. The van der Waals surface area contributed by atoms with Crippen molar-refractivity contribution >= 4 is 17.6 Å². The Hall–Kier alpha value is -2.07. The summed E-state index contributed by atoms with van der Waals surface area (Å²) in [5.41, 5.74) is -0.00483. The SMILES string of the molecule is Cc1ncoc1C(=N)N(C)CSCCCN1C[C@H]2C[C@@]2(c2ccc(C(F)(F)F)c(F)c2)C1. The molecule has 0 radical (unpaired) electrons. The van der Waals surface area contributed by atoms with Crippen molar-refractivity contribution in [3.05, 3.63) is 53.0 Å². The van der Waals surface area contributed by atoms with Crippen molar-refractivity contribution in [1.82, 2.24) is 14.8 Å². The van der Waals surface area contributed by atoms with Gasteiger partial charge in [-0.25, -0.2) is 9.37 Å². The first-order chi connectivity index (χ1) is 15.1. The van der Waals surface area contributed by atoms with Crippen LogP contribution in [-0.2, 0) is 11.6 Å². The number of piperidine rings is 1. The molecular formula is C22H26F4N4OS. The quantitative estimate of drug-likeness (QED) is 0.198. The molecule has 2 heterocycles. The van der Waals surface area contributed by atoms with Crippen molar-refractivity contribution < 1.29 is 22.0 Å². The topological polar surface area (TPSA) is 56.4 Å². The number of rotatable bonds is 8. The van der Waals surface area contributed by atoms with Gasteiger partial charge in [-0.3, -0.25) is 5.41 Å². The van der Waals surface area contributed by atoms with E-state index in [4.69, 9.17) is 9.83 Å². The highest BCUT2D eigenvalue weighted by Gasteiger charge is 2.60. The number of hydrogen-bond donors (Lipinski definition) is 1. The minimum atomic E-state index is -4.66. The van der Waals surface area contributed by atoms with Crippen LogP contribution in [0.2, 0.25) is 0 Å². The smallest absolute Gasteiger partial charge is 0.419 e. The van der Waals surface area contributed by atoms with E-state index < -0.39 is 17.6 Å². The molecule has 10 heteroatoms. The van der Waals surface area contributed by atoms with E-state index in [9.17, 15) is 17.6 Å². The van der Waals surface area contributed by atoms with Crippen LogP contribution < -0.4 is 0 Å². The predicted octanol–water partition coefficient (Wildman–Crippen LogP) is 4.75. The lowest BCUT2D eigenvalue weighted by molar-refractivity contribution is -0.140.